The predicted octanol–water partition coefficient (Wildman–Crippen LogP) is 1.77. The summed E-state index contributed by atoms with van der Waals surface area (Å²) in [4.78, 5) is 0.213. The van der Waals surface area contributed by atoms with Crippen molar-refractivity contribution in [1.82, 2.24) is 9.62 Å². The third-order valence-electron chi connectivity index (χ3n) is 2.71. The quantitative estimate of drug-likeness (QED) is 0.426. The van der Waals surface area contributed by atoms with Crippen LogP contribution < -0.4 is 10.6 Å². The summed E-state index contributed by atoms with van der Waals surface area (Å²) in [5.41, 5.74) is 0.614. The Morgan fingerprint density at radius 1 is 1.45 bits per heavy atom. The molecule has 6 nitrogen and oxygen atoms in total. The normalized spacial score (nSPS) is 11.0. The molecule has 1 aromatic carbocycles. The molecule has 0 bridgehead atoms. The van der Waals surface area contributed by atoms with Crippen molar-refractivity contribution < 1.29 is 13.2 Å². The Bertz CT molecular complexity index is 616. The fourth-order valence-electron chi connectivity index (χ4n) is 1.56. The first-order valence-corrected chi connectivity index (χ1v) is 8.52. The number of hydrogen-bond acceptors (Lipinski definition) is 4. The van der Waals surface area contributed by atoms with Crippen molar-refractivity contribution in [1.29, 1.82) is 0 Å². The van der Waals surface area contributed by atoms with Gasteiger partial charge in [-0.05, 0) is 36.8 Å². The zero-order valence-corrected chi connectivity index (χ0v) is 14.3. The average molecular weight is 343 g/mol. The molecule has 1 rings (SSSR count). The van der Waals surface area contributed by atoms with Gasteiger partial charge in [0, 0.05) is 26.3 Å². The molecule has 0 heterocycles. The molecule has 0 saturated carbocycles. The molecular weight excluding hydrogens is 322 g/mol. The van der Waals surface area contributed by atoms with Gasteiger partial charge in [0.05, 0.1) is 17.8 Å². The SMILES string of the molecule is C=COCCCNC(=S)Nc1cccc(S(=O)(=O)N(C)C)c1. The summed E-state index contributed by atoms with van der Waals surface area (Å²) in [5.74, 6) is 0. The molecule has 8 heteroatoms. The van der Waals surface area contributed by atoms with Crippen molar-refractivity contribution >= 4 is 33.0 Å². The van der Waals surface area contributed by atoms with Crippen LogP contribution >= 0.6 is 12.2 Å². The standard InChI is InChI=1S/C14H21N3O3S2/c1-4-20-10-6-9-15-14(21)16-12-7-5-8-13(11-12)22(18,19)17(2)3/h4-5,7-8,11H,1,6,9-10H2,2-3H3,(H2,15,16,21). The van der Waals surface area contributed by atoms with Crippen LogP contribution in [0.25, 0.3) is 0 Å². The van der Waals surface area contributed by atoms with Crippen LogP contribution in [0.3, 0.4) is 0 Å². The number of rotatable bonds is 8. The van der Waals surface area contributed by atoms with Crippen LogP contribution in [0.4, 0.5) is 5.69 Å². The molecular formula is C14H21N3O3S2. The highest BCUT2D eigenvalue weighted by Crippen LogP contribution is 2.17. The van der Waals surface area contributed by atoms with Gasteiger partial charge in [0.25, 0.3) is 0 Å². The molecule has 0 unspecified atom stereocenters. The Labute approximate surface area is 137 Å². The predicted molar refractivity (Wildman–Crippen MR) is 92.3 cm³/mol. The molecule has 122 valence electrons. The van der Waals surface area contributed by atoms with Gasteiger partial charge in [-0.3, -0.25) is 0 Å². The summed E-state index contributed by atoms with van der Waals surface area (Å²) in [7, 11) is -0.473. The molecule has 2 N–H and O–H groups in total. The highest BCUT2D eigenvalue weighted by atomic mass is 32.2. The minimum absolute atomic E-state index is 0.213. The Balaban J connectivity index is 2.60. The highest BCUT2D eigenvalue weighted by Gasteiger charge is 2.17. The summed E-state index contributed by atoms with van der Waals surface area (Å²) in [6, 6.07) is 6.51. The first-order chi connectivity index (χ1) is 10.4. The van der Waals surface area contributed by atoms with Gasteiger partial charge in [-0.25, -0.2) is 12.7 Å². The van der Waals surface area contributed by atoms with Crippen LogP contribution in [0, 0.1) is 0 Å². The maximum absolute atomic E-state index is 12.1. The van der Waals surface area contributed by atoms with E-state index >= 15 is 0 Å². The van der Waals surface area contributed by atoms with Gasteiger partial charge in [-0.1, -0.05) is 12.6 Å². The van der Waals surface area contributed by atoms with Crippen molar-refractivity contribution in [2.45, 2.75) is 11.3 Å². The van der Waals surface area contributed by atoms with Gasteiger partial charge < -0.3 is 15.4 Å². The summed E-state index contributed by atoms with van der Waals surface area (Å²) in [5, 5.41) is 6.41. The van der Waals surface area contributed by atoms with E-state index in [9.17, 15) is 8.42 Å². The second-order valence-corrected chi connectivity index (χ2v) is 7.15. The zero-order valence-electron chi connectivity index (χ0n) is 12.7. The number of nitrogens with zero attached hydrogens (tertiary/aromatic N) is 1. The summed E-state index contributed by atoms with van der Waals surface area (Å²) >= 11 is 5.16. The van der Waals surface area contributed by atoms with E-state index in [2.05, 4.69) is 17.2 Å². The third kappa shape index (κ3) is 5.63. The topological polar surface area (TPSA) is 70.7 Å². The van der Waals surface area contributed by atoms with Crippen molar-refractivity contribution in [3.8, 4) is 0 Å². The first-order valence-electron chi connectivity index (χ1n) is 6.68. The fraction of sp³-hybridized carbons (Fsp3) is 0.357. The Morgan fingerprint density at radius 3 is 2.82 bits per heavy atom. The van der Waals surface area contributed by atoms with Crippen molar-refractivity contribution in [2.24, 2.45) is 0 Å². The van der Waals surface area contributed by atoms with Gasteiger partial charge in [0.2, 0.25) is 10.0 Å². The van der Waals surface area contributed by atoms with E-state index in [0.717, 1.165) is 6.42 Å². The monoisotopic (exact) mass is 343 g/mol. The molecule has 0 aliphatic rings. The molecule has 22 heavy (non-hydrogen) atoms. The minimum Gasteiger partial charge on any atom is -0.502 e. The van der Waals surface area contributed by atoms with Crippen molar-refractivity contribution in [3.05, 3.63) is 37.1 Å². The van der Waals surface area contributed by atoms with Crippen molar-refractivity contribution in [3.63, 3.8) is 0 Å². The van der Waals surface area contributed by atoms with Crippen LogP contribution in [0.1, 0.15) is 6.42 Å². The number of hydrogen-bond donors (Lipinski definition) is 2. The van der Waals surface area contributed by atoms with E-state index in [-0.39, 0.29) is 4.90 Å². The van der Waals surface area contributed by atoms with E-state index in [1.165, 1.54) is 24.7 Å². The number of anilines is 1. The Kier molecular flexibility index (Phi) is 7.30. The lowest BCUT2D eigenvalue weighted by Crippen LogP contribution is -2.30. The molecule has 0 atom stereocenters. The van der Waals surface area contributed by atoms with Crippen LogP contribution in [0.2, 0.25) is 0 Å². The largest absolute Gasteiger partial charge is 0.502 e. The van der Waals surface area contributed by atoms with Crippen LogP contribution in [-0.2, 0) is 14.8 Å². The second kappa shape index (κ2) is 8.72. The molecule has 0 aromatic heterocycles. The lowest BCUT2D eigenvalue weighted by molar-refractivity contribution is 0.247. The summed E-state index contributed by atoms with van der Waals surface area (Å²) in [6.07, 6.45) is 2.18. The average Bonchev–Trinajstić information content (AvgIpc) is 2.47. The molecule has 0 spiro atoms. The Morgan fingerprint density at radius 2 is 2.18 bits per heavy atom. The molecule has 0 radical (unpaired) electrons. The van der Waals surface area contributed by atoms with E-state index in [4.69, 9.17) is 17.0 Å². The molecule has 0 saturated heterocycles. The number of thiocarbonyl (C=S) groups is 1. The molecule has 0 aliphatic heterocycles. The first kappa shape index (κ1) is 18.4. The zero-order chi connectivity index (χ0) is 16.6. The second-order valence-electron chi connectivity index (χ2n) is 4.59. The summed E-state index contributed by atoms with van der Waals surface area (Å²) < 4.78 is 30.3. The lowest BCUT2D eigenvalue weighted by Gasteiger charge is -2.14. The van der Waals surface area contributed by atoms with Gasteiger partial charge in [0.1, 0.15) is 0 Å². The smallest absolute Gasteiger partial charge is 0.242 e. The number of nitrogens with one attached hydrogen (secondary N) is 2. The number of sulfonamides is 1. The molecule has 0 fully saturated rings. The highest BCUT2D eigenvalue weighted by molar-refractivity contribution is 7.89. The van der Waals surface area contributed by atoms with E-state index < -0.39 is 10.0 Å². The number of benzene rings is 1. The van der Waals surface area contributed by atoms with Crippen molar-refractivity contribution in [2.75, 3.05) is 32.6 Å². The molecule has 0 aliphatic carbocycles. The molecule has 1 aromatic rings. The van der Waals surface area contributed by atoms with Gasteiger partial charge in [0.15, 0.2) is 5.11 Å². The third-order valence-corrected chi connectivity index (χ3v) is 4.77. The van der Waals surface area contributed by atoms with Crippen LogP contribution in [0.5, 0.6) is 0 Å². The van der Waals surface area contributed by atoms with Gasteiger partial charge in [-0.2, -0.15) is 0 Å². The minimum atomic E-state index is -3.46. The van der Waals surface area contributed by atoms with E-state index in [1.807, 2.05) is 0 Å². The fourth-order valence-corrected chi connectivity index (χ4v) is 2.73. The van der Waals surface area contributed by atoms with Gasteiger partial charge >= 0.3 is 0 Å². The number of ether oxygens (including phenoxy) is 1. The van der Waals surface area contributed by atoms with Crippen LogP contribution in [0.15, 0.2) is 42.0 Å². The molecule has 0 amide bonds. The maximum atomic E-state index is 12.1. The van der Waals surface area contributed by atoms with E-state index in [1.54, 1.807) is 24.3 Å². The van der Waals surface area contributed by atoms with Crippen LogP contribution in [-0.4, -0.2) is 45.1 Å². The maximum Gasteiger partial charge on any atom is 0.242 e. The lowest BCUT2D eigenvalue weighted by atomic mass is 10.3. The van der Waals surface area contributed by atoms with E-state index in [0.29, 0.717) is 24.0 Å². The summed E-state index contributed by atoms with van der Waals surface area (Å²) in [6.45, 7) is 4.67. The van der Waals surface area contributed by atoms with Gasteiger partial charge in [-0.15, -0.1) is 0 Å². The Hall–Kier alpha value is -1.64.